The van der Waals surface area contributed by atoms with Gasteiger partial charge in [0.25, 0.3) is 0 Å². The third-order valence-corrected chi connectivity index (χ3v) is 3.13. The predicted octanol–water partition coefficient (Wildman–Crippen LogP) is 0.528. The van der Waals surface area contributed by atoms with Gasteiger partial charge >= 0.3 is 0 Å². The highest BCUT2D eigenvalue weighted by Crippen LogP contribution is 2.43. The molecule has 0 heterocycles. The van der Waals surface area contributed by atoms with E-state index < -0.39 is 0 Å². The van der Waals surface area contributed by atoms with Gasteiger partial charge in [-0.2, -0.15) is 0 Å². The predicted molar refractivity (Wildman–Crippen MR) is 37.5 cm³/mol. The topological polar surface area (TPSA) is 40.5 Å². The largest absolute Gasteiger partial charge is 0.393 e. The van der Waals surface area contributed by atoms with Gasteiger partial charge in [0.2, 0.25) is 0 Å². The summed E-state index contributed by atoms with van der Waals surface area (Å²) >= 11 is 0. The van der Waals surface area contributed by atoms with Crippen LogP contribution in [0, 0.1) is 11.8 Å². The van der Waals surface area contributed by atoms with Gasteiger partial charge in [0.15, 0.2) is 0 Å². The van der Waals surface area contributed by atoms with Crippen molar-refractivity contribution in [2.24, 2.45) is 11.8 Å². The van der Waals surface area contributed by atoms with Crippen molar-refractivity contribution in [3.63, 3.8) is 0 Å². The molecule has 0 aliphatic heterocycles. The fourth-order valence-electron chi connectivity index (χ4n) is 2.54. The van der Waals surface area contributed by atoms with Crippen molar-refractivity contribution < 1.29 is 10.2 Å². The normalized spacial score (nSPS) is 53.4. The molecule has 0 amide bonds. The van der Waals surface area contributed by atoms with E-state index in [2.05, 4.69) is 0 Å². The Morgan fingerprint density at radius 1 is 0.700 bits per heavy atom. The summed E-state index contributed by atoms with van der Waals surface area (Å²) in [5.74, 6) is 0.852. The maximum absolute atomic E-state index is 9.41. The van der Waals surface area contributed by atoms with Gasteiger partial charge in [-0.25, -0.2) is 0 Å². The van der Waals surface area contributed by atoms with Gasteiger partial charge in [0.05, 0.1) is 12.2 Å². The third kappa shape index (κ3) is 0.789. The van der Waals surface area contributed by atoms with Crippen LogP contribution >= 0.6 is 0 Å². The van der Waals surface area contributed by atoms with Crippen molar-refractivity contribution in [1.82, 2.24) is 0 Å². The summed E-state index contributed by atoms with van der Waals surface area (Å²) in [4.78, 5) is 0. The molecule has 0 aromatic heterocycles. The van der Waals surface area contributed by atoms with Crippen LogP contribution in [0.2, 0.25) is 0 Å². The van der Waals surface area contributed by atoms with Crippen LogP contribution in [0.3, 0.4) is 0 Å². The van der Waals surface area contributed by atoms with E-state index in [0.717, 1.165) is 25.7 Å². The van der Waals surface area contributed by atoms with E-state index in [9.17, 15) is 10.2 Å². The number of aliphatic hydroxyl groups excluding tert-OH is 2. The van der Waals surface area contributed by atoms with E-state index >= 15 is 0 Å². The molecule has 2 fully saturated rings. The molecule has 0 radical (unpaired) electrons. The molecule has 10 heavy (non-hydrogen) atoms. The molecule has 2 aliphatic carbocycles. The van der Waals surface area contributed by atoms with E-state index in [-0.39, 0.29) is 12.2 Å². The number of hydrogen-bond acceptors (Lipinski definition) is 2. The van der Waals surface area contributed by atoms with Gasteiger partial charge < -0.3 is 10.2 Å². The first-order valence-corrected chi connectivity index (χ1v) is 4.15. The summed E-state index contributed by atoms with van der Waals surface area (Å²) in [7, 11) is 0. The van der Waals surface area contributed by atoms with Crippen molar-refractivity contribution in [3.05, 3.63) is 0 Å². The number of rotatable bonds is 0. The van der Waals surface area contributed by atoms with Crippen LogP contribution in [0.5, 0.6) is 0 Å². The smallest absolute Gasteiger partial charge is 0.0572 e. The molecule has 0 spiro atoms. The summed E-state index contributed by atoms with van der Waals surface area (Å²) in [5, 5.41) is 18.8. The Morgan fingerprint density at radius 3 is 1.50 bits per heavy atom. The molecule has 2 N–H and O–H groups in total. The fourth-order valence-corrected chi connectivity index (χ4v) is 2.54. The minimum Gasteiger partial charge on any atom is -0.393 e. The second-order valence-corrected chi connectivity index (χ2v) is 3.62. The Morgan fingerprint density at radius 2 is 1.10 bits per heavy atom. The van der Waals surface area contributed by atoms with Crippen LogP contribution in [0.1, 0.15) is 25.7 Å². The molecular weight excluding hydrogens is 128 g/mol. The Labute approximate surface area is 60.9 Å². The summed E-state index contributed by atoms with van der Waals surface area (Å²) in [6, 6.07) is 0. The lowest BCUT2D eigenvalue weighted by atomic mass is 9.98. The quantitative estimate of drug-likeness (QED) is 0.518. The molecule has 0 saturated heterocycles. The van der Waals surface area contributed by atoms with Crippen LogP contribution in [-0.2, 0) is 0 Å². The van der Waals surface area contributed by atoms with E-state index in [0.29, 0.717) is 11.8 Å². The average Bonchev–Trinajstić information content (AvgIpc) is 2.41. The van der Waals surface area contributed by atoms with Crippen molar-refractivity contribution in [1.29, 1.82) is 0 Å². The van der Waals surface area contributed by atoms with Gasteiger partial charge in [0, 0.05) is 0 Å². The maximum atomic E-state index is 9.41. The van der Waals surface area contributed by atoms with Crippen LogP contribution in [0.4, 0.5) is 0 Å². The van der Waals surface area contributed by atoms with Gasteiger partial charge in [-0.15, -0.1) is 0 Å². The average molecular weight is 142 g/mol. The monoisotopic (exact) mass is 142 g/mol. The number of aliphatic hydroxyl groups is 2. The zero-order valence-corrected chi connectivity index (χ0v) is 6.03. The lowest BCUT2D eigenvalue weighted by molar-refractivity contribution is 0.0988. The van der Waals surface area contributed by atoms with Gasteiger partial charge in [-0.1, -0.05) is 0 Å². The highest BCUT2D eigenvalue weighted by atomic mass is 16.3. The summed E-state index contributed by atoms with van der Waals surface area (Å²) < 4.78 is 0. The Hall–Kier alpha value is -0.0800. The minimum atomic E-state index is -0.109. The van der Waals surface area contributed by atoms with Gasteiger partial charge in [0.1, 0.15) is 0 Å². The SMILES string of the molecule is O[C@@H]1CC[C@H]2[C@@H]1CC[C@@H]2O. The lowest BCUT2D eigenvalue weighted by Gasteiger charge is -2.13. The van der Waals surface area contributed by atoms with Crippen LogP contribution in [-0.4, -0.2) is 22.4 Å². The molecule has 0 bridgehead atoms. The zero-order chi connectivity index (χ0) is 7.14. The van der Waals surface area contributed by atoms with Crippen molar-refractivity contribution in [2.45, 2.75) is 37.9 Å². The first-order valence-electron chi connectivity index (χ1n) is 4.15. The Kier molecular flexibility index (Phi) is 1.46. The molecule has 2 aliphatic rings. The van der Waals surface area contributed by atoms with Crippen molar-refractivity contribution in [3.8, 4) is 0 Å². The second kappa shape index (κ2) is 2.21. The number of hydrogen-bond donors (Lipinski definition) is 2. The first-order chi connectivity index (χ1) is 4.79. The van der Waals surface area contributed by atoms with Gasteiger partial charge in [-0.3, -0.25) is 0 Å². The summed E-state index contributed by atoms with van der Waals surface area (Å²) in [5.41, 5.74) is 0. The van der Waals surface area contributed by atoms with Crippen molar-refractivity contribution in [2.75, 3.05) is 0 Å². The van der Waals surface area contributed by atoms with E-state index in [1.165, 1.54) is 0 Å². The maximum Gasteiger partial charge on any atom is 0.0572 e. The molecule has 0 aromatic rings. The Balaban J connectivity index is 2.09. The molecule has 2 rings (SSSR count). The van der Waals surface area contributed by atoms with E-state index in [1.54, 1.807) is 0 Å². The third-order valence-electron chi connectivity index (χ3n) is 3.13. The van der Waals surface area contributed by atoms with Crippen LogP contribution < -0.4 is 0 Å². The molecule has 2 heteroatoms. The molecule has 0 unspecified atom stereocenters. The minimum absolute atomic E-state index is 0.109. The molecule has 58 valence electrons. The van der Waals surface area contributed by atoms with Crippen LogP contribution in [0.25, 0.3) is 0 Å². The zero-order valence-electron chi connectivity index (χ0n) is 6.03. The highest BCUT2D eigenvalue weighted by Gasteiger charge is 2.43. The van der Waals surface area contributed by atoms with Crippen molar-refractivity contribution >= 4 is 0 Å². The Bertz CT molecular complexity index is 119. The first kappa shape index (κ1) is 6.62. The lowest BCUT2D eigenvalue weighted by Crippen LogP contribution is -2.18. The number of fused-ring (bicyclic) bond motifs is 1. The molecule has 2 saturated carbocycles. The van der Waals surface area contributed by atoms with Crippen LogP contribution in [0.15, 0.2) is 0 Å². The summed E-state index contributed by atoms with van der Waals surface area (Å²) in [6.45, 7) is 0. The second-order valence-electron chi connectivity index (χ2n) is 3.62. The molecular formula is C8H14O2. The fraction of sp³-hybridized carbons (Fsp3) is 1.00. The van der Waals surface area contributed by atoms with E-state index in [4.69, 9.17) is 0 Å². The summed E-state index contributed by atoms with van der Waals surface area (Å²) in [6.07, 6.45) is 3.67. The molecule has 4 atom stereocenters. The molecule has 0 aromatic carbocycles. The van der Waals surface area contributed by atoms with Gasteiger partial charge in [-0.05, 0) is 37.5 Å². The van der Waals surface area contributed by atoms with E-state index in [1.807, 2.05) is 0 Å². The highest BCUT2D eigenvalue weighted by molar-refractivity contribution is 4.93. The molecule has 2 nitrogen and oxygen atoms in total. The standard InChI is InChI=1S/C8H14O2/c9-7-3-1-5-6(7)2-4-8(5)10/h5-10H,1-4H2/t5-,6-,7-,8+/m0/s1.